The SMILES string of the molecule is CC(=O)N(F)Cc1cc(-c2ccncc2)ccc1F. The van der Waals surface area contributed by atoms with E-state index in [-0.39, 0.29) is 10.7 Å². The minimum atomic E-state index is -0.756. The van der Waals surface area contributed by atoms with Crippen molar-refractivity contribution in [2.75, 3.05) is 0 Å². The van der Waals surface area contributed by atoms with Crippen molar-refractivity contribution in [3.05, 3.63) is 54.1 Å². The third kappa shape index (κ3) is 3.13. The summed E-state index contributed by atoms with van der Waals surface area (Å²) in [6, 6.07) is 7.94. The van der Waals surface area contributed by atoms with Crippen molar-refractivity contribution in [3.8, 4) is 11.1 Å². The van der Waals surface area contributed by atoms with Crippen LogP contribution in [0.2, 0.25) is 0 Å². The van der Waals surface area contributed by atoms with Crippen molar-refractivity contribution in [3.63, 3.8) is 0 Å². The molecule has 0 bridgehead atoms. The van der Waals surface area contributed by atoms with Crippen molar-refractivity contribution in [1.82, 2.24) is 10.1 Å². The number of halogens is 2. The zero-order chi connectivity index (χ0) is 13.8. The second-order valence-corrected chi connectivity index (χ2v) is 4.08. The summed E-state index contributed by atoms with van der Waals surface area (Å²) in [4.78, 5) is 14.7. The molecule has 0 aliphatic carbocycles. The van der Waals surface area contributed by atoms with Crippen molar-refractivity contribution in [1.29, 1.82) is 0 Å². The summed E-state index contributed by atoms with van der Waals surface area (Å²) in [5, 5.41) is -0.0191. The van der Waals surface area contributed by atoms with Gasteiger partial charge in [-0.3, -0.25) is 9.78 Å². The number of benzene rings is 1. The molecule has 0 spiro atoms. The molecule has 0 aliphatic rings. The molecule has 5 heteroatoms. The fourth-order valence-corrected chi connectivity index (χ4v) is 1.68. The van der Waals surface area contributed by atoms with E-state index in [1.165, 1.54) is 12.1 Å². The maximum atomic E-state index is 13.6. The van der Waals surface area contributed by atoms with E-state index in [4.69, 9.17) is 0 Å². The highest BCUT2D eigenvalue weighted by molar-refractivity contribution is 5.72. The molecule has 0 saturated heterocycles. The van der Waals surface area contributed by atoms with E-state index >= 15 is 0 Å². The quantitative estimate of drug-likeness (QED) is 0.796. The summed E-state index contributed by atoms with van der Waals surface area (Å²) in [6.07, 6.45) is 3.24. The summed E-state index contributed by atoms with van der Waals surface area (Å²) >= 11 is 0. The molecule has 2 aromatic rings. The molecule has 3 nitrogen and oxygen atoms in total. The monoisotopic (exact) mass is 262 g/mol. The number of amides is 1. The topological polar surface area (TPSA) is 33.2 Å². The van der Waals surface area contributed by atoms with Crippen molar-refractivity contribution in [2.24, 2.45) is 0 Å². The van der Waals surface area contributed by atoms with Crippen LogP contribution in [0.5, 0.6) is 0 Å². The van der Waals surface area contributed by atoms with Crippen LogP contribution >= 0.6 is 0 Å². The highest BCUT2D eigenvalue weighted by atomic mass is 19.2. The van der Waals surface area contributed by atoms with Crippen LogP contribution in [-0.2, 0) is 11.3 Å². The van der Waals surface area contributed by atoms with Gasteiger partial charge in [0.15, 0.2) is 0 Å². The van der Waals surface area contributed by atoms with Crippen LogP contribution in [-0.4, -0.2) is 16.0 Å². The van der Waals surface area contributed by atoms with Crippen molar-refractivity contribution in [2.45, 2.75) is 13.5 Å². The van der Waals surface area contributed by atoms with Crippen LogP contribution in [0.3, 0.4) is 0 Å². The number of nitrogens with zero attached hydrogens (tertiary/aromatic N) is 2. The Bertz CT molecular complexity index is 587. The first-order chi connectivity index (χ1) is 9.08. The van der Waals surface area contributed by atoms with Gasteiger partial charge >= 0.3 is 0 Å². The minimum Gasteiger partial charge on any atom is -0.273 e. The fraction of sp³-hybridized carbons (Fsp3) is 0.143. The molecule has 1 heterocycles. The van der Waals surface area contributed by atoms with Gasteiger partial charge in [0.1, 0.15) is 5.82 Å². The van der Waals surface area contributed by atoms with Gasteiger partial charge in [0.05, 0.1) is 6.54 Å². The maximum Gasteiger partial charge on any atom is 0.247 e. The fourth-order valence-electron chi connectivity index (χ4n) is 1.68. The van der Waals surface area contributed by atoms with E-state index in [0.29, 0.717) is 0 Å². The van der Waals surface area contributed by atoms with Gasteiger partial charge in [-0.1, -0.05) is 10.5 Å². The number of rotatable bonds is 3. The standard InChI is InChI=1S/C14H12F2N2O/c1-10(19)18(16)9-13-8-12(2-3-14(13)15)11-4-6-17-7-5-11/h2-8H,9H2,1H3. The van der Waals surface area contributed by atoms with Crippen LogP contribution in [0.4, 0.5) is 8.87 Å². The number of aromatic nitrogens is 1. The first kappa shape index (κ1) is 13.1. The van der Waals surface area contributed by atoms with E-state index in [9.17, 15) is 13.7 Å². The number of hydrogen-bond donors (Lipinski definition) is 0. The summed E-state index contributed by atoms with van der Waals surface area (Å²) in [5.74, 6) is -1.30. The predicted molar refractivity (Wildman–Crippen MR) is 67.0 cm³/mol. The van der Waals surface area contributed by atoms with Crippen LogP contribution < -0.4 is 0 Å². The first-order valence-electron chi connectivity index (χ1n) is 5.70. The van der Waals surface area contributed by atoms with E-state index < -0.39 is 18.3 Å². The Hall–Kier alpha value is -2.30. The van der Waals surface area contributed by atoms with Gasteiger partial charge in [0.2, 0.25) is 5.91 Å². The number of carbonyl (C=O) groups excluding carboxylic acids is 1. The Kier molecular flexibility index (Phi) is 3.85. The molecule has 2 rings (SSSR count). The molecular formula is C14H12F2N2O. The third-order valence-electron chi connectivity index (χ3n) is 2.71. The van der Waals surface area contributed by atoms with Gasteiger partial charge in [-0.25, -0.2) is 4.39 Å². The van der Waals surface area contributed by atoms with Gasteiger partial charge in [-0.15, -0.1) is 0 Å². The Morgan fingerprint density at radius 3 is 2.53 bits per heavy atom. The second kappa shape index (κ2) is 5.56. The summed E-state index contributed by atoms with van der Waals surface area (Å²) in [5.41, 5.74) is 1.73. The highest BCUT2D eigenvalue weighted by Gasteiger charge is 2.12. The lowest BCUT2D eigenvalue weighted by molar-refractivity contribution is -0.145. The smallest absolute Gasteiger partial charge is 0.247 e. The second-order valence-electron chi connectivity index (χ2n) is 4.08. The average molecular weight is 262 g/mol. The molecule has 19 heavy (non-hydrogen) atoms. The van der Waals surface area contributed by atoms with E-state index in [1.807, 2.05) is 0 Å². The van der Waals surface area contributed by atoms with Gasteiger partial charge in [-0.2, -0.15) is 5.12 Å². The molecule has 0 atom stereocenters. The van der Waals surface area contributed by atoms with E-state index in [2.05, 4.69) is 4.98 Å². The molecular weight excluding hydrogens is 250 g/mol. The van der Waals surface area contributed by atoms with Crippen LogP contribution in [0, 0.1) is 5.82 Å². The number of pyridine rings is 1. The van der Waals surface area contributed by atoms with Crippen molar-refractivity contribution >= 4 is 5.91 Å². The molecule has 0 unspecified atom stereocenters. The minimum absolute atomic E-state index is 0.0191. The maximum absolute atomic E-state index is 13.6. The van der Waals surface area contributed by atoms with Crippen molar-refractivity contribution < 1.29 is 13.7 Å². The molecule has 1 aromatic carbocycles. The van der Waals surface area contributed by atoms with Gasteiger partial charge < -0.3 is 0 Å². The molecule has 0 fully saturated rings. The molecule has 1 aromatic heterocycles. The zero-order valence-electron chi connectivity index (χ0n) is 10.3. The molecule has 0 saturated carbocycles. The lowest BCUT2D eigenvalue weighted by Crippen LogP contribution is -2.19. The Morgan fingerprint density at radius 2 is 1.89 bits per heavy atom. The van der Waals surface area contributed by atoms with Gasteiger partial charge in [-0.05, 0) is 35.4 Å². The Balaban J connectivity index is 2.32. The van der Waals surface area contributed by atoms with Gasteiger partial charge in [0.25, 0.3) is 0 Å². The lowest BCUT2D eigenvalue weighted by atomic mass is 10.0. The number of hydrogen-bond acceptors (Lipinski definition) is 2. The Labute approximate surface area is 109 Å². The molecule has 0 N–H and O–H groups in total. The largest absolute Gasteiger partial charge is 0.273 e. The summed E-state index contributed by atoms with van der Waals surface area (Å²) in [7, 11) is 0. The predicted octanol–water partition coefficient (Wildman–Crippen LogP) is 3.12. The van der Waals surface area contributed by atoms with Crippen LogP contribution in [0.15, 0.2) is 42.7 Å². The van der Waals surface area contributed by atoms with Crippen LogP contribution in [0.1, 0.15) is 12.5 Å². The van der Waals surface area contributed by atoms with E-state index in [0.717, 1.165) is 18.1 Å². The molecule has 1 amide bonds. The lowest BCUT2D eigenvalue weighted by Gasteiger charge is -2.11. The van der Waals surface area contributed by atoms with E-state index in [1.54, 1.807) is 30.6 Å². The molecule has 98 valence electrons. The summed E-state index contributed by atoms with van der Waals surface area (Å²) in [6.45, 7) is 0.685. The number of carbonyl (C=O) groups is 1. The summed E-state index contributed by atoms with van der Waals surface area (Å²) < 4.78 is 26.8. The normalized spacial score (nSPS) is 10.3. The zero-order valence-corrected chi connectivity index (χ0v) is 10.3. The van der Waals surface area contributed by atoms with Gasteiger partial charge in [0, 0.05) is 24.9 Å². The molecule has 0 aliphatic heterocycles. The molecule has 0 radical (unpaired) electrons. The first-order valence-corrected chi connectivity index (χ1v) is 5.70. The Morgan fingerprint density at radius 1 is 1.21 bits per heavy atom. The average Bonchev–Trinajstić information content (AvgIpc) is 2.42. The van der Waals surface area contributed by atoms with Crippen LogP contribution in [0.25, 0.3) is 11.1 Å². The highest BCUT2D eigenvalue weighted by Crippen LogP contribution is 2.22. The third-order valence-corrected chi connectivity index (χ3v) is 2.71.